The van der Waals surface area contributed by atoms with E-state index in [9.17, 15) is 0 Å². The molecule has 0 radical (unpaired) electrons. The lowest BCUT2D eigenvalue weighted by molar-refractivity contribution is -0.178. The third-order valence-corrected chi connectivity index (χ3v) is 3.72. The van der Waals surface area contributed by atoms with Crippen LogP contribution in [0.1, 0.15) is 44.4 Å². The van der Waals surface area contributed by atoms with Crippen molar-refractivity contribution in [2.75, 3.05) is 6.54 Å². The summed E-state index contributed by atoms with van der Waals surface area (Å²) in [6.07, 6.45) is 0.984. The van der Waals surface area contributed by atoms with Crippen molar-refractivity contribution in [1.29, 1.82) is 5.26 Å². The van der Waals surface area contributed by atoms with Crippen LogP contribution >= 0.6 is 0 Å². The summed E-state index contributed by atoms with van der Waals surface area (Å²) in [5, 5.41) is 11.2. The molecule has 3 heteroatoms. The van der Waals surface area contributed by atoms with E-state index in [-0.39, 0.29) is 6.10 Å². The summed E-state index contributed by atoms with van der Waals surface area (Å²) in [7, 11) is 0. The minimum Gasteiger partial charge on any atom is -0.291 e. The van der Waals surface area contributed by atoms with Crippen LogP contribution in [0, 0.1) is 17.2 Å². The number of hydrogen-bond donors (Lipinski definition) is 0. The molecule has 0 N–H and O–H groups in total. The summed E-state index contributed by atoms with van der Waals surface area (Å²) >= 11 is 0. The molecule has 0 bridgehead atoms. The Balaban J connectivity index is 2.12. The van der Waals surface area contributed by atoms with E-state index in [2.05, 4.69) is 31.9 Å². The number of hydroxylamine groups is 2. The molecule has 1 aliphatic rings. The summed E-state index contributed by atoms with van der Waals surface area (Å²) in [5.74, 6) is 0.565. The number of hydrogen-bond acceptors (Lipinski definition) is 3. The van der Waals surface area contributed by atoms with Crippen molar-refractivity contribution in [3.8, 4) is 6.07 Å². The van der Waals surface area contributed by atoms with Crippen LogP contribution in [0.3, 0.4) is 0 Å². The fourth-order valence-corrected chi connectivity index (χ4v) is 2.24. The monoisotopic (exact) mass is 244 g/mol. The van der Waals surface area contributed by atoms with Gasteiger partial charge in [-0.25, -0.2) is 0 Å². The molecule has 0 aromatic heterocycles. The van der Waals surface area contributed by atoms with Crippen molar-refractivity contribution in [3.63, 3.8) is 0 Å². The molecule has 1 aromatic rings. The molecule has 0 amide bonds. The zero-order chi connectivity index (χ0) is 13.1. The molecule has 0 saturated carbocycles. The fourth-order valence-electron chi connectivity index (χ4n) is 2.24. The van der Waals surface area contributed by atoms with Crippen LogP contribution in [0.4, 0.5) is 0 Å². The van der Waals surface area contributed by atoms with Gasteiger partial charge in [0.25, 0.3) is 0 Å². The van der Waals surface area contributed by atoms with Crippen LogP contribution in [-0.4, -0.2) is 17.6 Å². The molecule has 2 rings (SSSR count). The highest BCUT2D eigenvalue weighted by Crippen LogP contribution is 2.32. The minimum atomic E-state index is 0.0297. The zero-order valence-corrected chi connectivity index (χ0v) is 11.3. The van der Waals surface area contributed by atoms with Gasteiger partial charge >= 0.3 is 0 Å². The van der Waals surface area contributed by atoms with E-state index < -0.39 is 0 Å². The Morgan fingerprint density at radius 3 is 2.72 bits per heavy atom. The maximum atomic E-state index is 9.12. The van der Waals surface area contributed by atoms with Gasteiger partial charge in [-0.15, -0.1) is 0 Å². The van der Waals surface area contributed by atoms with Gasteiger partial charge in [-0.3, -0.25) is 4.84 Å². The molecule has 18 heavy (non-hydrogen) atoms. The predicted octanol–water partition coefficient (Wildman–Crippen LogP) is 3.28. The SMILES string of the molecule is CC(C)C(C)N1CCC(c2ccccc2C#N)O1. The molecule has 1 fully saturated rings. The fraction of sp³-hybridized carbons (Fsp3) is 0.533. The first-order valence-electron chi connectivity index (χ1n) is 6.56. The van der Waals surface area contributed by atoms with Crippen molar-refractivity contribution < 1.29 is 4.84 Å². The summed E-state index contributed by atoms with van der Waals surface area (Å²) in [4.78, 5) is 6.00. The normalized spacial score (nSPS) is 22.1. The molecule has 2 unspecified atom stereocenters. The van der Waals surface area contributed by atoms with E-state index in [0.29, 0.717) is 12.0 Å². The number of benzene rings is 1. The van der Waals surface area contributed by atoms with Crippen LogP contribution in [-0.2, 0) is 4.84 Å². The maximum Gasteiger partial charge on any atom is 0.107 e. The first-order valence-corrected chi connectivity index (χ1v) is 6.56. The van der Waals surface area contributed by atoms with Crippen molar-refractivity contribution in [2.24, 2.45) is 5.92 Å². The van der Waals surface area contributed by atoms with Gasteiger partial charge in [0.15, 0.2) is 0 Å². The summed E-state index contributed by atoms with van der Waals surface area (Å²) < 4.78 is 0. The third-order valence-electron chi connectivity index (χ3n) is 3.72. The van der Waals surface area contributed by atoms with Gasteiger partial charge in [-0.2, -0.15) is 10.3 Å². The Bertz CT molecular complexity index is 450. The average molecular weight is 244 g/mol. The van der Waals surface area contributed by atoms with E-state index in [4.69, 9.17) is 10.1 Å². The maximum absolute atomic E-state index is 9.12. The van der Waals surface area contributed by atoms with E-state index in [1.54, 1.807) is 0 Å². The quantitative estimate of drug-likeness (QED) is 0.818. The highest BCUT2D eigenvalue weighted by Gasteiger charge is 2.30. The van der Waals surface area contributed by atoms with Gasteiger partial charge in [0.1, 0.15) is 6.10 Å². The Morgan fingerprint density at radius 2 is 2.06 bits per heavy atom. The lowest BCUT2D eigenvalue weighted by atomic mass is 10.0. The molecule has 0 spiro atoms. The molecule has 1 aliphatic heterocycles. The standard InChI is InChI=1S/C15H20N2O/c1-11(2)12(3)17-9-8-15(18-17)14-7-5-4-6-13(14)10-16/h4-7,11-12,15H,8-9H2,1-3H3. The van der Waals surface area contributed by atoms with Gasteiger partial charge in [-0.05, 0) is 25.3 Å². The Kier molecular flexibility index (Phi) is 4.00. The number of rotatable bonds is 3. The van der Waals surface area contributed by atoms with Crippen molar-refractivity contribution in [3.05, 3.63) is 35.4 Å². The Hall–Kier alpha value is -1.37. The minimum absolute atomic E-state index is 0.0297. The van der Waals surface area contributed by atoms with Crippen LogP contribution in [0.25, 0.3) is 0 Å². The number of nitriles is 1. The summed E-state index contributed by atoms with van der Waals surface area (Å²) in [6.45, 7) is 7.52. The predicted molar refractivity (Wildman–Crippen MR) is 70.6 cm³/mol. The molecular formula is C15H20N2O. The molecular weight excluding hydrogens is 224 g/mol. The lowest BCUT2D eigenvalue weighted by Gasteiger charge is -2.26. The average Bonchev–Trinajstić information content (AvgIpc) is 2.87. The molecule has 1 heterocycles. The van der Waals surface area contributed by atoms with E-state index in [1.807, 2.05) is 24.3 Å². The van der Waals surface area contributed by atoms with Crippen LogP contribution in [0.15, 0.2) is 24.3 Å². The van der Waals surface area contributed by atoms with Crippen molar-refractivity contribution >= 4 is 0 Å². The second-order valence-electron chi connectivity index (χ2n) is 5.21. The number of nitrogens with zero attached hydrogens (tertiary/aromatic N) is 2. The highest BCUT2D eigenvalue weighted by molar-refractivity contribution is 5.39. The van der Waals surface area contributed by atoms with E-state index in [0.717, 1.165) is 24.1 Å². The van der Waals surface area contributed by atoms with E-state index >= 15 is 0 Å². The zero-order valence-electron chi connectivity index (χ0n) is 11.3. The molecule has 2 atom stereocenters. The van der Waals surface area contributed by atoms with Crippen molar-refractivity contribution in [2.45, 2.75) is 39.3 Å². The van der Waals surface area contributed by atoms with Gasteiger partial charge in [0.05, 0.1) is 11.6 Å². The highest BCUT2D eigenvalue weighted by atomic mass is 16.7. The van der Waals surface area contributed by atoms with Gasteiger partial charge in [0.2, 0.25) is 0 Å². The molecule has 0 aliphatic carbocycles. The first kappa shape index (κ1) is 13.1. The van der Waals surface area contributed by atoms with Gasteiger partial charge in [0, 0.05) is 18.2 Å². The topological polar surface area (TPSA) is 36.3 Å². The lowest BCUT2D eigenvalue weighted by Crippen LogP contribution is -2.33. The first-order chi connectivity index (χ1) is 8.63. The van der Waals surface area contributed by atoms with E-state index in [1.165, 1.54) is 0 Å². The summed E-state index contributed by atoms with van der Waals surface area (Å²) in [6, 6.07) is 10.4. The van der Waals surface area contributed by atoms with Crippen LogP contribution in [0.5, 0.6) is 0 Å². The molecule has 96 valence electrons. The third kappa shape index (κ3) is 2.55. The van der Waals surface area contributed by atoms with Gasteiger partial charge < -0.3 is 0 Å². The molecule has 1 saturated heterocycles. The smallest absolute Gasteiger partial charge is 0.107 e. The second kappa shape index (κ2) is 5.51. The Morgan fingerprint density at radius 1 is 1.33 bits per heavy atom. The summed E-state index contributed by atoms with van der Waals surface area (Å²) in [5.41, 5.74) is 1.74. The van der Waals surface area contributed by atoms with Crippen LogP contribution in [0.2, 0.25) is 0 Å². The Labute approximate surface area is 109 Å². The second-order valence-corrected chi connectivity index (χ2v) is 5.21. The van der Waals surface area contributed by atoms with Crippen molar-refractivity contribution in [1.82, 2.24) is 5.06 Å². The molecule has 1 aromatic carbocycles. The largest absolute Gasteiger partial charge is 0.291 e. The molecule has 3 nitrogen and oxygen atoms in total. The van der Waals surface area contributed by atoms with Crippen LogP contribution < -0.4 is 0 Å². The van der Waals surface area contributed by atoms with Gasteiger partial charge in [-0.1, -0.05) is 32.0 Å².